The summed E-state index contributed by atoms with van der Waals surface area (Å²) in [6.07, 6.45) is 0. The Morgan fingerprint density at radius 3 is 2.56 bits per heavy atom. The maximum absolute atomic E-state index is 13.7. The normalized spacial score (nSPS) is 14.1. The molecule has 43 heavy (non-hydrogen) atoms. The minimum Gasteiger partial charge on any atom is -0.491 e. The third-order valence-electron chi connectivity index (χ3n) is 7.74. The van der Waals surface area contributed by atoms with Gasteiger partial charge in [0.25, 0.3) is 5.56 Å². The van der Waals surface area contributed by atoms with Gasteiger partial charge in [-0.3, -0.25) is 14.3 Å². The lowest BCUT2D eigenvalue weighted by atomic mass is 10.0. The van der Waals surface area contributed by atoms with Crippen LogP contribution in [0.25, 0.3) is 32.2 Å². The number of rotatable bonds is 7. The largest absolute Gasteiger partial charge is 0.491 e. The summed E-state index contributed by atoms with van der Waals surface area (Å²) in [5.74, 6) is 0.0952. The number of aryl methyl sites for hydroxylation is 2. The molecule has 0 unspecified atom stereocenters. The first kappa shape index (κ1) is 29.4. The quantitative estimate of drug-likeness (QED) is 0.228. The van der Waals surface area contributed by atoms with Crippen LogP contribution in [0.2, 0.25) is 10.0 Å². The van der Waals surface area contributed by atoms with E-state index < -0.39 is 5.97 Å². The fourth-order valence-electron chi connectivity index (χ4n) is 5.47. The zero-order valence-corrected chi connectivity index (χ0v) is 26.2. The van der Waals surface area contributed by atoms with Gasteiger partial charge >= 0.3 is 5.97 Å². The molecule has 0 aliphatic carbocycles. The molecule has 0 atom stereocenters. The molecule has 0 radical (unpaired) electrons. The molecule has 0 saturated carbocycles. The Morgan fingerprint density at radius 1 is 1.05 bits per heavy atom. The van der Waals surface area contributed by atoms with E-state index in [0.717, 1.165) is 42.1 Å². The summed E-state index contributed by atoms with van der Waals surface area (Å²) >= 11 is 14.4. The second kappa shape index (κ2) is 11.8. The van der Waals surface area contributed by atoms with E-state index in [0.29, 0.717) is 49.3 Å². The smallest absolute Gasteiger partial charge is 0.338 e. The van der Waals surface area contributed by atoms with E-state index in [1.54, 1.807) is 41.1 Å². The van der Waals surface area contributed by atoms with Gasteiger partial charge in [0.1, 0.15) is 18.2 Å². The summed E-state index contributed by atoms with van der Waals surface area (Å²) in [6, 6.07) is 10.8. The topological polar surface area (TPSA) is 101 Å². The molecule has 3 aromatic heterocycles. The highest BCUT2D eigenvalue weighted by atomic mass is 35.5. The lowest BCUT2D eigenvalue weighted by Crippen LogP contribution is -2.44. The van der Waals surface area contributed by atoms with Crippen molar-refractivity contribution < 1.29 is 14.6 Å². The molecule has 5 aromatic rings. The van der Waals surface area contributed by atoms with E-state index in [1.165, 1.54) is 11.3 Å². The van der Waals surface area contributed by atoms with E-state index in [2.05, 4.69) is 26.8 Å². The fourth-order valence-corrected chi connectivity index (χ4v) is 6.93. The van der Waals surface area contributed by atoms with E-state index in [4.69, 9.17) is 27.9 Å². The molecule has 222 valence electrons. The number of carboxylic acid groups (broad SMARTS) is 1. The first-order valence-electron chi connectivity index (χ1n) is 13.8. The zero-order chi connectivity index (χ0) is 30.4. The van der Waals surface area contributed by atoms with Crippen LogP contribution in [0.3, 0.4) is 0 Å². The van der Waals surface area contributed by atoms with Gasteiger partial charge in [0.2, 0.25) is 0 Å². The first-order valence-corrected chi connectivity index (χ1v) is 15.4. The van der Waals surface area contributed by atoms with E-state index in [1.807, 2.05) is 19.1 Å². The number of thiophene rings is 1. The van der Waals surface area contributed by atoms with Crippen molar-refractivity contribution in [3.63, 3.8) is 0 Å². The number of anilines is 1. The minimum atomic E-state index is -1.03. The molecule has 0 amide bonds. The molecule has 1 N–H and O–H groups in total. The number of carbonyl (C=O) groups is 1. The van der Waals surface area contributed by atoms with Gasteiger partial charge < -0.3 is 19.6 Å². The van der Waals surface area contributed by atoms with Gasteiger partial charge in [-0.15, -0.1) is 11.3 Å². The number of hydrogen-bond donors (Lipinski definition) is 1. The standard InChI is InChI=1S/C31H29Cl2N5O4S/c1-17-12-21(29-28(34-17)23(16-43-29)31(40)41)20-13-19(32)4-5-27(20)42-11-10-38-18(2)35-25-15-24(33)26(14-22(25)30(38)39)37-8-6-36(3)7-9-37/h4-5,12-16H,6-11H2,1-3H3,(H,40,41). The molecule has 1 saturated heterocycles. The Labute approximate surface area is 261 Å². The molecular formula is C31H29Cl2N5O4S. The van der Waals surface area contributed by atoms with Crippen molar-refractivity contribution >= 4 is 67.3 Å². The number of ether oxygens (including phenoxy) is 1. The summed E-state index contributed by atoms with van der Waals surface area (Å²) < 4.78 is 8.60. The number of aromatic nitrogens is 3. The van der Waals surface area contributed by atoms with E-state index in [9.17, 15) is 14.7 Å². The van der Waals surface area contributed by atoms with Crippen LogP contribution in [0, 0.1) is 13.8 Å². The van der Waals surface area contributed by atoms with Crippen molar-refractivity contribution in [2.75, 3.05) is 44.7 Å². The predicted molar refractivity (Wildman–Crippen MR) is 173 cm³/mol. The van der Waals surface area contributed by atoms with Crippen molar-refractivity contribution in [2.24, 2.45) is 0 Å². The summed E-state index contributed by atoms with van der Waals surface area (Å²) in [5.41, 5.74) is 4.02. The number of piperazine rings is 1. The monoisotopic (exact) mass is 637 g/mol. The third kappa shape index (κ3) is 5.68. The Balaban J connectivity index is 1.30. The Hall–Kier alpha value is -3.70. The average molecular weight is 639 g/mol. The number of aromatic carboxylic acids is 1. The van der Waals surface area contributed by atoms with Crippen LogP contribution in [0.1, 0.15) is 21.9 Å². The van der Waals surface area contributed by atoms with Crippen molar-refractivity contribution in [2.45, 2.75) is 20.4 Å². The number of carboxylic acids is 1. The maximum Gasteiger partial charge on any atom is 0.338 e. The van der Waals surface area contributed by atoms with Gasteiger partial charge in [0.15, 0.2) is 0 Å². The number of hydrogen-bond acceptors (Lipinski definition) is 8. The van der Waals surface area contributed by atoms with Gasteiger partial charge in [-0.25, -0.2) is 9.78 Å². The van der Waals surface area contributed by atoms with Gasteiger partial charge in [-0.05, 0) is 57.3 Å². The highest BCUT2D eigenvalue weighted by Gasteiger charge is 2.21. The average Bonchev–Trinajstić information content (AvgIpc) is 3.39. The molecule has 0 spiro atoms. The number of fused-ring (bicyclic) bond motifs is 2. The van der Waals surface area contributed by atoms with Gasteiger partial charge in [-0.2, -0.15) is 0 Å². The van der Waals surface area contributed by atoms with Crippen LogP contribution in [0.15, 0.2) is 46.6 Å². The highest BCUT2D eigenvalue weighted by Crippen LogP contribution is 2.40. The Morgan fingerprint density at radius 2 is 1.81 bits per heavy atom. The van der Waals surface area contributed by atoms with Crippen LogP contribution >= 0.6 is 34.5 Å². The molecule has 1 aliphatic rings. The summed E-state index contributed by atoms with van der Waals surface area (Å²) in [4.78, 5) is 39.1. The summed E-state index contributed by atoms with van der Waals surface area (Å²) in [5, 5.41) is 12.8. The van der Waals surface area contributed by atoms with Gasteiger partial charge in [-0.1, -0.05) is 23.2 Å². The predicted octanol–water partition coefficient (Wildman–Crippen LogP) is 6.13. The molecule has 9 nitrogen and oxygen atoms in total. The molecule has 0 bridgehead atoms. The SMILES string of the molecule is Cc1cc(-c2cc(Cl)ccc2OCCn2c(C)nc3cc(Cl)c(N4CCN(C)CC4)cc3c2=O)c2scc(C(=O)O)c2n1. The van der Waals surface area contributed by atoms with E-state index >= 15 is 0 Å². The van der Waals surface area contributed by atoms with Crippen LogP contribution in [0.4, 0.5) is 5.69 Å². The number of pyridine rings is 1. The molecule has 1 fully saturated rings. The number of likely N-dealkylation sites (N-methyl/N-ethyl adjacent to an activating group) is 1. The molecule has 1 aliphatic heterocycles. The molecular weight excluding hydrogens is 609 g/mol. The highest BCUT2D eigenvalue weighted by molar-refractivity contribution is 7.18. The van der Waals surface area contributed by atoms with Gasteiger partial charge in [0.05, 0.1) is 43.9 Å². The summed E-state index contributed by atoms with van der Waals surface area (Å²) in [7, 11) is 2.09. The zero-order valence-electron chi connectivity index (χ0n) is 23.9. The van der Waals surface area contributed by atoms with Crippen LogP contribution < -0.4 is 15.2 Å². The molecule has 4 heterocycles. The van der Waals surface area contributed by atoms with Gasteiger partial charge in [0, 0.05) is 53.4 Å². The lowest BCUT2D eigenvalue weighted by molar-refractivity contribution is 0.0699. The molecule has 12 heteroatoms. The molecule has 6 rings (SSSR count). The Bertz CT molecular complexity index is 1950. The van der Waals surface area contributed by atoms with Crippen molar-refractivity contribution in [3.8, 4) is 16.9 Å². The van der Waals surface area contributed by atoms with Crippen LogP contribution in [0.5, 0.6) is 5.75 Å². The Kier molecular flexibility index (Phi) is 8.04. The number of halogens is 2. The maximum atomic E-state index is 13.7. The third-order valence-corrected chi connectivity index (χ3v) is 9.28. The van der Waals surface area contributed by atoms with Crippen LogP contribution in [-0.2, 0) is 6.54 Å². The molecule has 2 aromatic carbocycles. The minimum absolute atomic E-state index is 0.152. The lowest BCUT2D eigenvalue weighted by Gasteiger charge is -2.34. The van der Waals surface area contributed by atoms with Crippen molar-refractivity contribution in [1.29, 1.82) is 0 Å². The van der Waals surface area contributed by atoms with Crippen molar-refractivity contribution in [1.82, 2.24) is 19.4 Å². The number of nitrogens with zero attached hydrogens (tertiary/aromatic N) is 5. The second-order valence-electron chi connectivity index (χ2n) is 10.7. The van der Waals surface area contributed by atoms with Crippen LogP contribution in [-0.4, -0.2) is 70.3 Å². The van der Waals surface area contributed by atoms with E-state index in [-0.39, 0.29) is 24.3 Å². The second-order valence-corrected chi connectivity index (χ2v) is 12.4. The fraction of sp³-hybridized carbons (Fsp3) is 0.290. The number of benzene rings is 2. The summed E-state index contributed by atoms with van der Waals surface area (Å²) in [6.45, 7) is 7.59. The van der Waals surface area contributed by atoms with Crippen molar-refractivity contribution in [3.05, 3.63) is 79.3 Å². The first-order chi connectivity index (χ1) is 20.6.